The minimum atomic E-state index is -1.06. The number of hydrogen-bond donors (Lipinski definition) is 1. The first-order chi connectivity index (χ1) is 16.8. The van der Waals surface area contributed by atoms with Crippen LogP contribution in [0, 0.1) is 30.3 Å². The molecular formula is C27H21F3N2O3. The standard InChI is InChI=1S/C27H21F3N2O3/c1-15-25(35-27(34)31-24(16-10-11-16)17-6-5-7-18(28)12-17)21-13-19(29)14-22(30)23(21)26(33)32(15)20-8-3-2-4-9-20/h2-9,12-14,16,24H,10-11H2,1H3,(H,31,34)/t24-/m0/s1. The zero-order chi connectivity index (χ0) is 24.7. The van der Waals surface area contributed by atoms with Gasteiger partial charge < -0.3 is 10.1 Å². The molecule has 0 aliphatic heterocycles. The second-order valence-electron chi connectivity index (χ2n) is 8.60. The van der Waals surface area contributed by atoms with Crippen molar-refractivity contribution in [2.24, 2.45) is 5.92 Å². The van der Waals surface area contributed by atoms with E-state index >= 15 is 0 Å². The van der Waals surface area contributed by atoms with Gasteiger partial charge in [0.05, 0.1) is 17.1 Å². The average Bonchev–Trinajstić information content (AvgIpc) is 3.66. The van der Waals surface area contributed by atoms with Crippen molar-refractivity contribution in [2.75, 3.05) is 0 Å². The van der Waals surface area contributed by atoms with Crippen LogP contribution < -0.4 is 15.6 Å². The Morgan fingerprint density at radius 2 is 1.74 bits per heavy atom. The Hall–Kier alpha value is -4.07. The van der Waals surface area contributed by atoms with E-state index in [2.05, 4.69) is 5.32 Å². The summed E-state index contributed by atoms with van der Waals surface area (Å²) in [4.78, 5) is 26.2. The number of carbonyl (C=O) groups excluding carboxylic acids is 1. The molecule has 1 aliphatic carbocycles. The maximum absolute atomic E-state index is 14.8. The molecule has 0 bridgehead atoms. The first kappa shape index (κ1) is 22.7. The smallest absolute Gasteiger partial charge is 0.408 e. The quantitative estimate of drug-likeness (QED) is 0.385. The maximum Gasteiger partial charge on any atom is 0.413 e. The number of pyridine rings is 1. The molecular weight excluding hydrogens is 457 g/mol. The number of nitrogens with zero attached hydrogens (tertiary/aromatic N) is 1. The highest BCUT2D eigenvalue weighted by Gasteiger charge is 2.34. The lowest BCUT2D eigenvalue weighted by molar-refractivity contribution is 0.194. The fourth-order valence-corrected chi connectivity index (χ4v) is 4.40. The largest absolute Gasteiger partial charge is 0.413 e. The second-order valence-corrected chi connectivity index (χ2v) is 8.60. The van der Waals surface area contributed by atoms with Gasteiger partial charge in [-0.1, -0.05) is 30.3 Å². The van der Waals surface area contributed by atoms with E-state index in [9.17, 15) is 22.8 Å². The van der Waals surface area contributed by atoms with Gasteiger partial charge in [-0.15, -0.1) is 0 Å². The molecule has 1 atom stereocenters. The average molecular weight is 478 g/mol. The zero-order valence-corrected chi connectivity index (χ0v) is 18.7. The van der Waals surface area contributed by atoms with Crippen molar-refractivity contribution in [3.63, 3.8) is 0 Å². The Kier molecular flexibility index (Phi) is 5.80. The van der Waals surface area contributed by atoms with Crippen molar-refractivity contribution in [2.45, 2.75) is 25.8 Å². The highest BCUT2D eigenvalue weighted by molar-refractivity contribution is 5.91. The summed E-state index contributed by atoms with van der Waals surface area (Å²) in [6, 6.07) is 15.5. The van der Waals surface area contributed by atoms with Gasteiger partial charge >= 0.3 is 6.09 Å². The van der Waals surface area contributed by atoms with Crippen LogP contribution in [0.25, 0.3) is 16.5 Å². The first-order valence-corrected chi connectivity index (χ1v) is 11.2. The summed E-state index contributed by atoms with van der Waals surface area (Å²) in [5, 5.41) is 2.22. The van der Waals surface area contributed by atoms with Crippen molar-refractivity contribution in [1.29, 1.82) is 0 Å². The minimum Gasteiger partial charge on any atom is -0.408 e. The van der Waals surface area contributed by atoms with E-state index in [4.69, 9.17) is 4.74 Å². The Bertz CT molecular complexity index is 1500. The summed E-state index contributed by atoms with van der Waals surface area (Å²) >= 11 is 0. The molecule has 5 rings (SSSR count). The normalized spacial score (nSPS) is 14.1. The van der Waals surface area contributed by atoms with E-state index in [0.717, 1.165) is 18.9 Å². The van der Waals surface area contributed by atoms with Crippen molar-refractivity contribution >= 4 is 16.9 Å². The molecule has 1 aromatic heterocycles. The van der Waals surface area contributed by atoms with Gasteiger partial charge in [0.25, 0.3) is 5.56 Å². The number of ether oxygens (including phenoxy) is 1. The van der Waals surface area contributed by atoms with E-state index < -0.39 is 40.5 Å². The Balaban J connectivity index is 1.59. The summed E-state index contributed by atoms with van der Waals surface area (Å²) in [6.07, 6.45) is 0.843. The summed E-state index contributed by atoms with van der Waals surface area (Å²) in [5.74, 6) is -2.42. The maximum atomic E-state index is 14.8. The Morgan fingerprint density at radius 3 is 2.43 bits per heavy atom. The fraction of sp³-hybridized carbons (Fsp3) is 0.185. The highest BCUT2D eigenvalue weighted by atomic mass is 19.1. The highest BCUT2D eigenvalue weighted by Crippen LogP contribution is 2.41. The molecule has 5 nitrogen and oxygen atoms in total. The number of fused-ring (bicyclic) bond motifs is 1. The van der Waals surface area contributed by atoms with Crippen molar-refractivity contribution in [3.8, 4) is 11.4 Å². The summed E-state index contributed by atoms with van der Waals surface area (Å²) in [7, 11) is 0. The lowest BCUT2D eigenvalue weighted by atomic mass is 10.0. The predicted molar refractivity (Wildman–Crippen MR) is 125 cm³/mol. The van der Waals surface area contributed by atoms with Crippen LogP contribution in [0.3, 0.4) is 0 Å². The van der Waals surface area contributed by atoms with Gasteiger partial charge in [0.1, 0.15) is 17.5 Å². The van der Waals surface area contributed by atoms with Crippen LogP contribution in [0.4, 0.5) is 18.0 Å². The van der Waals surface area contributed by atoms with Crippen LogP contribution in [0.2, 0.25) is 0 Å². The monoisotopic (exact) mass is 478 g/mol. The molecule has 0 unspecified atom stereocenters. The molecule has 4 aromatic rings. The van der Waals surface area contributed by atoms with Gasteiger partial charge in [0.15, 0.2) is 5.75 Å². The third-order valence-corrected chi connectivity index (χ3v) is 6.16. The van der Waals surface area contributed by atoms with E-state index in [-0.39, 0.29) is 22.7 Å². The van der Waals surface area contributed by atoms with Crippen LogP contribution >= 0.6 is 0 Å². The lowest BCUT2D eigenvalue weighted by Crippen LogP contribution is -2.33. The molecule has 1 N–H and O–H groups in total. The molecule has 0 radical (unpaired) electrons. The number of para-hydroxylation sites is 1. The zero-order valence-electron chi connectivity index (χ0n) is 18.7. The molecule has 1 fully saturated rings. The molecule has 3 aromatic carbocycles. The third-order valence-electron chi connectivity index (χ3n) is 6.16. The molecule has 1 aliphatic rings. The summed E-state index contributed by atoms with van der Waals surface area (Å²) in [5.41, 5.74) is 0.519. The van der Waals surface area contributed by atoms with Crippen molar-refractivity contribution in [3.05, 3.63) is 106 Å². The molecule has 35 heavy (non-hydrogen) atoms. The molecule has 1 saturated carbocycles. The van der Waals surface area contributed by atoms with Gasteiger partial charge in [0, 0.05) is 17.1 Å². The number of hydrogen-bond acceptors (Lipinski definition) is 3. The van der Waals surface area contributed by atoms with Crippen molar-refractivity contribution in [1.82, 2.24) is 9.88 Å². The number of nitrogens with one attached hydrogen (secondary N) is 1. The number of carbonyl (C=O) groups is 1. The first-order valence-electron chi connectivity index (χ1n) is 11.2. The third kappa shape index (κ3) is 4.39. The molecule has 1 amide bonds. The van der Waals surface area contributed by atoms with Gasteiger partial charge in [0.2, 0.25) is 0 Å². The topological polar surface area (TPSA) is 60.3 Å². The molecule has 1 heterocycles. The molecule has 8 heteroatoms. The van der Waals surface area contributed by atoms with Crippen molar-refractivity contribution < 1.29 is 22.7 Å². The van der Waals surface area contributed by atoms with Gasteiger partial charge in [-0.05, 0) is 61.6 Å². The molecule has 0 spiro atoms. The van der Waals surface area contributed by atoms with Crippen LogP contribution in [0.15, 0.2) is 71.5 Å². The van der Waals surface area contributed by atoms with E-state index in [0.29, 0.717) is 17.3 Å². The van der Waals surface area contributed by atoms with Gasteiger partial charge in [-0.2, -0.15) is 0 Å². The van der Waals surface area contributed by atoms with E-state index in [1.807, 2.05) is 0 Å². The van der Waals surface area contributed by atoms with E-state index in [1.165, 1.54) is 23.6 Å². The van der Waals surface area contributed by atoms with E-state index in [1.54, 1.807) is 42.5 Å². The Morgan fingerprint density at radius 1 is 1.00 bits per heavy atom. The fourth-order valence-electron chi connectivity index (χ4n) is 4.40. The summed E-state index contributed by atoms with van der Waals surface area (Å²) in [6.45, 7) is 1.53. The second kappa shape index (κ2) is 8.94. The number of amides is 1. The van der Waals surface area contributed by atoms with Crippen LogP contribution in [-0.4, -0.2) is 10.7 Å². The Labute approximate surface area is 198 Å². The van der Waals surface area contributed by atoms with Crippen LogP contribution in [-0.2, 0) is 0 Å². The SMILES string of the molecule is Cc1c(OC(=O)N[C@H](c2cccc(F)c2)C2CC2)c2cc(F)cc(F)c2c(=O)n1-c1ccccc1. The lowest BCUT2D eigenvalue weighted by Gasteiger charge is -2.21. The number of rotatable bonds is 5. The summed E-state index contributed by atoms with van der Waals surface area (Å²) < 4.78 is 49.6. The van der Waals surface area contributed by atoms with Crippen LogP contribution in [0.1, 0.15) is 30.1 Å². The molecule has 178 valence electrons. The van der Waals surface area contributed by atoms with Gasteiger partial charge in [-0.3, -0.25) is 9.36 Å². The van der Waals surface area contributed by atoms with Gasteiger partial charge in [-0.25, -0.2) is 18.0 Å². The number of halogens is 3. The number of aromatic nitrogens is 1. The van der Waals surface area contributed by atoms with Crippen LogP contribution in [0.5, 0.6) is 5.75 Å². The number of benzene rings is 3. The minimum absolute atomic E-state index is 0.121. The molecule has 0 saturated heterocycles. The predicted octanol–water partition coefficient (Wildman–Crippen LogP) is 5.96.